The van der Waals surface area contributed by atoms with Gasteiger partial charge in [-0.05, 0) is 42.4 Å². The number of aromatic nitrogens is 4. The molecule has 1 aromatic heterocycles. The lowest BCUT2D eigenvalue weighted by Crippen LogP contribution is -2.31. The van der Waals surface area contributed by atoms with Crippen molar-refractivity contribution in [2.75, 3.05) is 0 Å². The van der Waals surface area contributed by atoms with E-state index in [0.29, 0.717) is 5.82 Å². The van der Waals surface area contributed by atoms with Crippen molar-refractivity contribution in [1.82, 2.24) is 20.6 Å². The molecule has 3 unspecified atom stereocenters. The first-order valence-electron chi connectivity index (χ1n) is 11.4. The van der Waals surface area contributed by atoms with Crippen LogP contribution in [-0.2, 0) is 12.0 Å². The van der Waals surface area contributed by atoms with Crippen LogP contribution in [-0.4, -0.2) is 37.9 Å². The van der Waals surface area contributed by atoms with Gasteiger partial charge in [-0.2, -0.15) is 5.21 Å². The van der Waals surface area contributed by atoms with Crippen LogP contribution in [0.1, 0.15) is 95.0 Å². The predicted octanol–water partition coefficient (Wildman–Crippen LogP) is 4.42. The molecule has 0 bridgehead atoms. The molecule has 1 aliphatic carbocycles. The quantitative estimate of drug-likeness (QED) is 0.621. The van der Waals surface area contributed by atoms with E-state index in [1.807, 2.05) is 0 Å². The van der Waals surface area contributed by atoms with Gasteiger partial charge < -0.3 is 14.6 Å². The van der Waals surface area contributed by atoms with E-state index in [2.05, 4.69) is 53.5 Å². The molecular formula is C23H34N4O3. The van der Waals surface area contributed by atoms with Gasteiger partial charge in [0.25, 0.3) is 0 Å². The van der Waals surface area contributed by atoms with Crippen LogP contribution in [0.2, 0.25) is 0 Å². The highest BCUT2D eigenvalue weighted by molar-refractivity contribution is 5.55. The van der Waals surface area contributed by atoms with Crippen LogP contribution in [0.4, 0.5) is 0 Å². The van der Waals surface area contributed by atoms with Crippen molar-refractivity contribution in [3.8, 4) is 11.5 Å². The largest absolute Gasteiger partial charge is 0.487 e. The Kier molecular flexibility index (Phi) is 6.27. The highest BCUT2D eigenvalue weighted by Crippen LogP contribution is 2.51. The van der Waals surface area contributed by atoms with E-state index in [9.17, 15) is 5.11 Å². The van der Waals surface area contributed by atoms with Gasteiger partial charge in [0.05, 0.1) is 6.10 Å². The number of hydrogen-bond acceptors (Lipinski definition) is 6. The Bertz CT molecular complexity index is 837. The summed E-state index contributed by atoms with van der Waals surface area (Å²) in [6, 6.07) is 4.36. The lowest BCUT2D eigenvalue weighted by Gasteiger charge is -2.27. The van der Waals surface area contributed by atoms with Crippen LogP contribution < -0.4 is 9.47 Å². The van der Waals surface area contributed by atoms with E-state index in [4.69, 9.17) is 9.47 Å². The molecule has 0 spiro atoms. The van der Waals surface area contributed by atoms with Crippen LogP contribution in [0.3, 0.4) is 0 Å². The Morgan fingerprint density at radius 2 is 2.07 bits per heavy atom. The predicted molar refractivity (Wildman–Crippen MR) is 114 cm³/mol. The summed E-state index contributed by atoms with van der Waals surface area (Å²) in [5, 5.41) is 24.8. The summed E-state index contributed by atoms with van der Waals surface area (Å²) in [4.78, 5) is 0. The van der Waals surface area contributed by atoms with Crippen LogP contribution >= 0.6 is 0 Å². The topological polar surface area (TPSA) is 93.2 Å². The van der Waals surface area contributed by atoms with E-state index in [1.54, 1.807) is 0 Å². The van der Waals surface area contributed by atoms with Crippen molar-refractivity contribution in [2.24, 2.45) is 0 Å². The SMILES string of the molecule is CCCCCC(C)(C)c1cc(OCc2nn[nH]n2)c2c(c1)OC1C(O)CCCCC21. The summed E-state index contributed by atoms with van der Waals surface area (Å²) < 4.78 is 12.6. The van der Waals surface area contributed by atoms with Crippen molar-refractivity contribution in [2.45, 2.75) is 102 Å². The number of aliphatic hydroxyl groups excluding tert-OH is 1. The van der Waals surface area contributed by atoms with Crippen LogP contribution in [0.15, 0.2) is 12.1 Å². The molecule has 4 rings (SSSR count). The molecule has 1 aromatic carbocycles. The standard InChI is InChI=1S/C23H34N4O3/c1-4-5-8-11-23(2,3)15-12-18(29-14-20-24-26-27-25-20)21-16-9-6-7-10-17(28)22(16)30-19(21)13-15/h12-13,16-17,22,28H,4-11,14H2,1-3H3,(H,24,25,26,27). The zero-order valence-electron chi connectivity index (χ0n) is 18.4. The molecule has 2 heterocycles. The minimum absolute atomic E-state index is 0.0150. The van der Waals surface area contributed by atoms with Crippen molar-refractivity contribution in [3.05, 3.63) is 29.1 Å². The zero-order chi connectivity index (χ0) is 21.1. The molecule has 3 atom stereocenters. The Morgan fingerprint density at radius 3 is 2.83 bits per heavy atom. The maximum atomic E-state index is 10.7. The van der Waals surface area contributed by atoms with Crippen LogP contribution in [0.5, 0.6) is 11.5 Å². The van der Waals surface area contributed by atoms with E-state index in [-0.39, 0.29) is 24.0 Å². The highest BCUT2D eigenvalue weighted by atomic mass is 16.5. The number of rotatable bonds is 8. The number of nitrogens with one attached hydrogen (secondary N) is 1. The molecule has 0 saturated heterocycles. The van der Waals surface area contributed by atoms with E-state index in [0.717, 1.165) is 49.2 Å². The maximum Gasteiger partial charge on any atom is 0.211 e. The summed E-state index contributed by atoms with van der Waals surface area (Å²) in [6.45, 7) is 7.06. The monoisotopic (exact) mass is 414 g/mol. The highest BCUT2D eigenvalue weighted by Gasteiger charge is 2.43. The Hall–Kier alpha value is -2.15. The summed E-state index contributed by atoms with van der Waals surface area (Å²) in [7, 11) is 0. The number of tetrazole rings is 1. The van der Waals surface area contributed by atoms with Crippen LogP contribution in [0.25, 0.3) is 0 Å². The van der Waals surface area contributed by atoms with Gasteiger partial charge in [-0.3, -0.25) is 0 Å². The molecule has 0 amide bonds. The lowest BCUT2D eigenvalue weighted by molar-refractivity contribution is 0.0361. The number of aromatic amines is 1. The van der Waals surface area contributed by atoms with Gasteiger partial charge in [-0.1, -0.05) is 58.1 Å². The number of hydrogen-bond donors (Lipinski definition) is 2. The molecule has 1 fully saturated rings. The molecule has 0 radical (unpaired) electrons. The molecule has 2 N–H and O–H groups in total. The molecule has 1 aliphatic heterocycles. The fourth-order valence-corrected chi connectivity index (χ4v) is 4.85. The number of ether oxygens (including phenoxy) is 2. The van der Waals surface area contributed by atoms with Gasteiger partial charge in [-0.25, -0.2) is 0 Å². The zero-order valence-corrected chi connectivity index (χ0v) is 18.4. The number of aliphatic hydroxyl groups is 1. The number of unbranched alkanes of at least 4 members (excludes halogenated alkanes) is 2. The van der Waals surface area contributed by atoms with Crippen molar-refractivity contribution < 1.29 is 14.6 Å². The van der Waals surface area contributed by atoms with Gasteiger partial charge in [0.2, 0.25) is 5.82 Å². The van der Waals surface area contributed by atoms with E-state index < -0.39 is 6.10 Å². The van der Waals surface area contributed by atoms with Gasteiger partial charge in [0.1, 0.15) is 17.6 Å². The average molecular weight is 415 g/mol. The first kappa shape index (κ1) is 21.1. The second-order valence-corrected chi connectivity index (χ2v) is 9.38. The Morgan fingerprint density at radius 1 is 1.23 bits per heavy atom. The number of nitrogens with zero attached hydrogens (tertiary/aromatic N) is 3. The Labute approximate surface area is 178 Å². The average Bonchev–Trinajstić information content (AvgIpc) is 3.33. The molecule has 1 saturated carbocycles. The lowest BCUT2D eigenvalue weighted by atomic mass is 9.78. The summed E-state index contributed by atoms with van der Waals surface area (Å²) in [5.41, 5.74) is 2.32. The second-order valence-electron chi connectivity index (χ2n) is 9.38. The second kappa shape index (κ2) is 8.92. The molecule has 2 aromatic rings. The van der Waals surface area contributed by atoms with Crippen molar-refractivity contribution >= 4 is 0 Å². The van der Waals surface area contributed by atoms with Gasteiger partial charge in [0.15, 0.2) is 6.61 Å². The molecule has 164 valence electrons. The van der Waals surface area contributed by atoms with Crippen LogP contribution in [0, 0.1) is 0 Å². The first-order chi connectivity index (χ1) is 14.5. The third-order valence-electron chi connectivity index (χ3n) is 6.71. The van der Waals surface area contributed by atoms with Gasteiger partial charge >= 0.3 is 0 Å². The summed E-state index contributed by atoms with van der Waals surface area (Å²) in [5.74, 6) is 2.38. The summed E-state index contributed by atoms with van der Waals surface area (Å²) >= 11 is 0. The fourth-order valence-electron chi connectivity index (χ4n) is 4.85. The molecule has 7 heteroatoms. The van der Waals surface area contributed by atoms with Crippen molar-refractivity contribution in [1.29, 1.82) is 0 Å². The molecule has 7 nitrogen and oxygen atoms in total. The summed E-state index contributed by atoms with van der Waals surface area (Å²) in [6.07, 6.45) is 8.07. The minimum atomic E-state index is -0.434. The smallest absolute Gasteiger partial charge is 0.211 e. The number of fused-ring (bicyclic) bond motifs is 3. The number of benzene rings is 1. The van der Waals surface area contributed by atoms with Crippen molar-refractivity contribution in [3.63, 3.8) is 0 Å². The maximum absolute atomic E-state index is 10.7. The van der Waals surface area contributed by atoms with E-state index >= 15 is 0 Å². The third-order valence-corrected chi connectivity index (χ3v) is 6.71. The Balaban J connectivity index is 1.68. The van der Waals surface area contributed by atoms with Gasteiger partial charge in [0, 0.05) is 11.5 Å². The molecular weight excluding hydrogens is 380 g/mol. The molecule has 30 heavy (non-hydrogen) atoms. The molecule has 2 aliphatic rings. The number of H-pyrrole nitrogens is 1. The minimum Gasteiger partial charge on any atom is -0.487 e. The van der Waals surface area contributed by atoms with Gasteiger partial charge in [-0.15, -0.1) is 10.2 Å². The third kappa shape index (κ3) is 4.31. The fraction of sp³-hybridized carbons (Fsp3) is 0.696. The van der Waals surface area contributed by atoms with E-state index in [1.165, 1.54) is 24.8 Å². The normalized spacial score (nSPS) is 23.4. The first-order valence-corrected chi connectivity index (χ1v) is 11.4.